The fourth-order valence-electron chi connectivity index (χ4n) is 2.02. The van der Waals surface area contributed by atoms with Crippen molar-refractivity contribution in [3.8, 4) is 11.5 Å². The van der Waals surface area contributed by atoms with Gasteiger partial charge in [0.1, 0.15) is 0 Å². The van der Waals surface area contributed by atoms with E-state index in [4.69, 9.17) is 9.47 Å². The summed E-state index contributed by atoms with van der Waals surface area (Å²) in [7, 11) is 0. The van der Waals surface area contributed by atoms with Crippen molar-refractivity contribution in [2.45, 2.75) is 58.2 Å². The molecule has 0 fully saturated rings. The number of ether oxygens (including phenoxy) is 2. The summed E-state index contributed by atoms with van der Waals surface area (Å²) in [6, 6.07) is 6.31. The van der Waals surface area contributed by atoms with E-state index in [1.807, 2.05) is 6.07 Å². The van der Waals surface area contributed by atoms with Gasteiger partial charge in [0.15, 0.2) is 11.5 Å². The van der Waals surface area contributed by atoms with E-state index in [-0.39, 0.29) is 0 Å². The topological polar surface area (TPSA) is 18.5 Å². The van der Waals surface area contributed by atoms with Crippen LogP contribution in [0.4, 0.5) is 0 Å². The molecule has 0 radical (unpaired) electrons. The molecule has 0 amide bonds. The first-order valence-electron chi connectivity index (χ1n) is 8.12. The molecule has 0 N–H and O–H groups in total. The average molecular weight is 357 g/mol. The molecule has 3 heteroatoms. The smallest absolute Gasteiger partial charge is 0.161 e. The molecule has 2 nitrogen and oxygen atoms in total. The second-order valence-corrected chi connectivity index (χ2v) is 6.95. The van der Waals surface area contributed by atoms with Gasteiger partial charge in [-0.15, -0.1) is 0 Å². The molecule has 120 valence electrons. The Balaban J connectivity index is 2.81. The summed E-state index contributed by atoms with van der Waals surface area (Å²) in [5, 5.41) is 0. The molecule has 0 bridgehead atoms. The van der Waals surface area contributed by atoms with Gasteiger partial charge in [0.2, 0.25) is 0 Å². The highest BCUT2D eigenvalue weighted by Crippen LogP contribution is 2.36. The van der Waals surface area contributed by atoms with Crippen LogP contribution in [0.5, 0.6) is 11.5 Å². The number of alkyl halides is 1. The van der Waals surface area contributed by atoms with Crippen LogP contribution in [0.25, 0.3) is 0 Å². The maximum atomic E-state index is 5.85. The minimum absolute atomic E-state index is 0.379. The molecule has 0 heterocycles. The fourth-order valence-corrected chi connectivity index (χ4v) is 2.57. The molecular weight excluding hydrogens is 328 g/mol. The van der Waals surface area contributed by atoms with Crippen LogP contribution in [0.3, 0.4) is 0 Å². The fraction of sp³-hybridized carbons (Fsp3) is 0.667. The van der Waals surface area contributed by atoms with E-state index in [1.165, 1.54) is 12.0 Å². The Kier molecular flexibility index (Phi) is 8.82. The largest absolute Gasteiger partial charge is 0.490 e. The summed E-state index contributed by atoms with van der Waals surface area (Å²) in [4.78, 5) is 0.379. The molecule has 21 heavy (non-hydrogen) atoms. The third kappa shape index (κ3) is 6.73. The van der Waals surface area contributed by atoms with Gasteiger partial charge in [-0.1, -0.05) is 49.7 Å². The number of benzene rings is 1. The van der Waals surface area contributed by atoms with Gasteiger partial charge in [-0.2, -0.15) is 0 Å². The second kappa shape index (κ2) is 10.1. The summed E-state index contributed by atoms with van der Waals surface area (Å²) in [6.45, 7) is 10.2. The van der Waals surface area contributed by atoms with E-state index in [0.717, 1.165) is 49.9 Å². The molecule has 0 saturated heterocycles. The molecule has 1 rings (SSSR count). The lowest BCUT2D eigenvalue weighted by molar-refractivity contribution is 0.268. The normalized spacial score (nSPS) is 12.5. The van der Waals surface area contributed by atoms with Crippen molar-refractivity contribution in [1.29, 1.82) is 0 Å². The van der Waals surface area contributed by atoms with E-state index >= 15 is 0 Å². The molecule has 1 atom stereocenters. The number of rotatable bonds is 10. The zero-order valence-electron chi connectivity index (χ0n) is 13.8. The van der Waals surface area contributed by atoms with Crippen molar-refractivity contribution in [2.75, 3.05) is 13.2 Å². The maximum Gasteiger partial charge on any atom is 0.161 e. The SMILES string of the molecule is CCCOc1ccc(C(Br)CCC(C)C)cc1OCCC. The molecule has 1 unspecified atom stereocenters. The van der Waals surface area contributed by atoms with Crippen LogP contribution in [-0.4, -0.2) is 13.2 Å². The Morgan fingerprint density at radius 3 is 2.14 bits per heavy atom. The van der Waals surface area contributed by atoms with Crippen molar-refractivity contribution in [2.24, 2.45) is 5.92 Å². The molecule has 0 saturated carbocycles. The molecule has 1 aromatic carbocycles. The van der Waals surface area contributed by atoms with Crippen LogP contribution in [0.15, 0.2) is 18.2 Å². The molecule has 0 aliphatic rings. The van der Waals surface area contributed by atoms with E-state index in [1.54, 1.807) is 0 Å². The summed E-state index contributed by atoms with van der Waals surface area (Å²) in [6.07, 6.45) is 4.36. The zero-order valence-corrected chi connectivity index (χ0v) is 15.4. The summed E-state index contributed by atoms with van der Waals surface area (Å²) >= 11 is 3.80. The zero-order chi connectivity index (χ0) is 15.7. The van der Waals surface area contributed by atoms with E-state index in [0.29, 0.717) is 4.83 Å². The van der Waals surface area contributed by atoms with Gasteiger partial charge in [0.05, 0.1) is 13.2 Å². The highest BCUT2D eigenvalue weighted by molar-refractivity contribution is 9.09. The maximum absolute atomic E-state index is 5.85. The minimum atomic E-state index is 0.379. The van der Waals surface area contributed by atoms with Crippen molar-refractivity contribution >= 4 is 15.9 Å². The van der Waals surface area contributed by atoms with Crippen molar-refractivity contribution in [3.05, 3.63) is 23.8 Å². The van der Waals surface area contributed by atoms with Crippen LogP contribution >= 0.6 is 15.9 Å². The third-order valence-electron chi connectivity index (χ3n) is 3.25. The van der Waals surface area contributed by atoms with Gasteiger partial charge in [-0.05, 0) is 49.3 Å². The van der Waals surface area contributed by atoms with Crippen LogP contribution < -0.4 is 9.47 Å². The Hall–Kier alpha value is -0.700. The van der Waals surface area contributed by atoms with Gasteiger partial charge in [0.25, 0.3) is 0 Å². The van der Waals surface area contributed by atoms with Crippen LogP contribution in [0, 0.1) is 5.92 Å². The van der Waals surface area contributed by atoms with Gasteiger partial charge in [-0.25, -0.2) is 0 Å². The van der Waals surface area contributed by atoms with Gasteiger partial charge in [-0.3, -0.25) is 0 Å². The highest BCUT2D eigenvalue weighted by atomic mass is 79.9. The number of halogens is 1. The molecule has 0 aliphatic carbocycles. The molecule has 0 aromatic heterocycles. The molecule has 0 aliphatic heterocycles. The Morgan fingerprint density at radius 1 is 0.952 bits per heavy atom. The summed E-state index contributed by atoms with van der Waals surface area (Å²) < 4.78 is 11.6. The highest BCUT2D eigenvalue weighted by Gasteiger charge is 2.13. The minimum Gasteiger partial charge on any atom is -0.490 e. The van der Waals surface area contributed by atoms with E-state index in [2.05, 4.69) is 55.8 Å². The van der Waals surface area contributed by atoms with Crippen molar-refractivity contribution in [1.82, 2.24) is 0 Å². The van der Waals surface area contributed by atoms with Crippen molar-refractivity contribution < 1.29 is 9.47 Å². The molecule has 1 aromatic rings. The lowest BCUT2D eigenvalue weighted by Gasteiger charge is -2.16. The van der Waals surface area contributed by atoms with E-state index in [9.17, 15) is 0 Å². The first kappa shape index (κ1) is 18.3. The van der Waals surface area contributed by atoms with Crippen molar-refractivity contribution in [3.63, 3.8) is 0 Å². The molecule has 0 spiro atoms. The first-order chi connectivity index (χ1) is 10.1. The predicted octanol–water partition coefficient (Wildman–Crippen LogP) is 6.14. The first-order valence-corrected chi connectivity index (χ1v) is 9.03. The summed E-state index contributed by atoms with van der Waals surface area (Å²) in [5.74, 6) is 2.46. The van der Waals surface area contributed by atoms with Crippen LogP contribution in [-0.2, 0) is 0 Å². The van der Waals surface area contributed by atoms with Gasteiger partial charge >= 0.3 is 0 Å². The second-order valence-electron chi connectivity index (χ2n) is 5.84. The lowest BCUT2D eigenvalue weighted by Crippen LogP contribution is -2.02. The Labute approximate surface area is 138 Å². The lowest BCUT2D eigenvalue weighted by atomic mass is 10.0. The Bertz CT molecular complexity index is 404. The monoisotopic (exact) mass is 356 g/mol. The van der Waals surface area contributed by atoms with Gasteiger partial charge in [0, 0.05) is 4.83 Å². The van der Waals surface area contributed by atoms with E-state index < -0.39 is 0 Å². The van der Waals surface area contributed by atoms with Gasteiger partial charge < -0.3 is 9.47 Å². The quantitative estimate of drug-likeness (QED) is 0.469. The predicted molar refractivity (Wildman–Crippen MR) is 93.8 cm³/mol. The number of hydrogen-bond acceptors (Lipinski definition) is 2. The molecular formula is C18H29BrO2. The summed E-state index contributed by atoms with van der Waals surface area (Å²) in [5.41, 5.74) is 1.27. The number of hydrogen-bond donors (Lipinski definition) is 0. The van der Waals surface area contributed by atoms with Crippen LogP contribution in [0.2, 0.25) is 0 Å². The Morgan fingerprint density at radius 2 is 1.57 bits per heavy atom. The van der Waals surface area contributed by atoms with Crippen LogP contribution in [0.1, 0.15) is 63.8 Å². The standard InChI is InChI=1S/C18H29BrO2/c1-5-11-20-17-10-8-15(13-18(17)21-12-6-2)16(19)9-7-14(3)4/h8,10,13-14,16H,5-7,9,11-12H2,1-4H3. The third-order valence-corrected chi connectivity index (χ3v) is 4.24. The average Bonchev–Trinajstić information content (AvgIpc) is 2.48.